The first-order valence-corrected chi connectivity index (χ1v) is 11.2. The van der Waals surface area contributed by atoms with E-state index in [9.17, 15) is 9.59 Å². The quantitative estimate of drug-likeness (QED) is 0.463. The molecule has 0 saturated carbocycles. The predicted molar refractivity (Wildman–Crippen MR) is 109 cm³/mol. The number of hydrogen-bond acceptors (Lipinski definition) is 7. The second kappa shape index (κ2) is 10.6. The molecule has 0 atom stereocenters. The fraction of sp³-hybridized carbons (Fsp3) is 0.647. The summed E-state index contributed by atoms with van der Waals surface area (Å²) in [5, 5.41) is 9.03. The number of carbonyl (C=O) groups is 2. The van der Waals surface area contributed by atoms with Crippen molar-refractivity contribution < 1.29 is 9.59 Å². The Morgan fingerprint density at radius 3 is 2.15 bits per heavy atom. The summed E-state index contributed by atoms with van der Waals surface area (Å²) in [4.78, 5) is 28.2. The molecular formula is C17H28N6O2S2. The molecule has 27 heavy (non-hydrogen) atoms. The molecule has 2 rings (SSSR count). The summed E-state index contributed by atoms with van der Waals surface area (Å²) in [6.45, 7) is 7.90. The Morgan fingerprint density at radius 2 is 1.67 bits per heavy atom. The van der Waals surface area contributed by atoms with E-state index in [4.69, 9.17) is 5.84 Å². The van der Waals surface area contributed by atoms with Gasteiger partial charge >= 0.3 is 0 Å². The third-order valence-corrected chi connectivity index (χ3v) is 6.24. The minimum atomic E-state index is 0.0424. The van der Waals surface area contributed by atoms with Gasteiger partial charge in [-0.15, -0.1) is 10.2 Å². The van der Waals surface area contributed by atoms with Gasteiger partial charge < -0.3 is 15.6 Å². The van der Waals surface area contributed by atoms with E-state index in [0.29, 0.717) is 29.9 Å². The van der Waals surface area contributed by atoms with Crippen molar-refractivity contribution in [2.75, 3.05) is 37.0 Å². The van der Waals surface area contributed by atoms with Crippen molar-refractivity contribution in [3.8, 4) is 0 Å². The average molecular weight is 413 g/mol. The first-order valence-electron chi connectivity index (χ1n) is 9.24. The van der Waals surface area contributed by atoms with Crippen LogP contribution in [0.15, 0.2) is 22.1 Å². The molecule has 1 heterocycles. The number of nitrogens with zero attached hydrogens (tertiary/aromatic N) is 5. The SMILES string of the molecule is CCN(CC)C(=O)CSc1nnc(SCC(=O)N(CC)C2=CCCC2)n1N. The topological polar surface area (TPSA) is 97.4 Å². The Labute approximate surface area is 168 Å². The van der Waals surface area contributed by atoms with E-state index in [1.165, 1.54) is 28.2 Å². The Bertz CT molecular complexity index is 687. The Morgan fingerprint density at radius 1 is 1.07 bits per heavy atom. The molecule has 0 radical (unpaired) electrons. The molecule has 2 amide bonds. The number of allylic oxidation sites excluding steroid dienone is 2. The summed E-state index contributed by atoms with van der Waals surface area (Å²) < 4.78 is 1.35. The maximum atomic E-state index is 12.5. The highest BCUT2D eigenvalue weighted by Crippen LogP contribution is 2.24. The van der Waals surface area contributed by atoms with Crippen molar-refractivity contribution in [2.24, 2.45) is 0 Å². The van der Waals surface area contributed by atoms with Crippen LogP contribution in [0.25, 0.3) is 0 Å². The van der Waals surface area contributed by atoms with E-state index in [0.717, 1.165) is 25.0 Å². The van der Waals surface area contributed by atoms with Crippen molar-refractivity contribution in [3.05, 3.63) is 11.8 Å². The second-order valence-electron chi connectivity index (χ2n) is 6.00. The fourth-order valence-electron chi connectivity index (χ4n) is 2.90. The number of nitrogens with two attached hydrogens (primary N) is 1. The third-order valence-electron chi connectivity index (χ3n) is 4.38. The van der Waals surface area contributed by atoms with Crippen molar-refractivity contribution in [1.29, 1.82) is 0 Å². The average Bonchev–Trinajstić information content (AvgIpc) is 3.30. The lowest BCUT2D eigenvalue weighted by Gasteiger charge is -2.21. The number of hydrogen-bond donors (Lipinski definition) is 1. The van der Waals surface area contributed by atoms with Crippen LogP contribution in [0.1, 0.15) is 40.0 Å². The lowest BCUT2D eigenvalue weighted by molar-refractivity contribution is -0.128. The smallest absolute Gasteiger partial charge is 0.237 e. The van der Waals surface area contributed by atoms with Crippen LogP contribution in [0.3, 0.4) is 0 Å². The van der Waals surface area contributed by atoms with Crippen LogP contribution < -0.4 is 5.84 Å². The zero-order valence-electron chi connectivity index (χ0n) is 16.2. The van der Waals surface area contributed by atoms with Gasteiger partial charge in [-0.1, -0.05) is 29.6 Å². The van der Waals surface area contributed by atoms with E-state index in [1.54, 1.807) is 4.90 Å². The van der Waals surface area contributed by atoms with Crippen molar-refractivity contribution in [2.45, 2.75) is 50.3 Å². The monoisotopic (exact) mass is 412 g/mol. The molecule has 1 aliphatic carbocycles. The highest BCUT2D eigenvalue weighted by atomic mass is 32.2. The van der Waals surface area contributed by atoms with Crippen LogP contribution in [-0.4, -0.2) is 67.6 Å². The molecule has 0 saturated heterocycles. The van der Waals surface area contributed by atoms with Gasteiger partial charge in [0.1, 0.15) is 0 Å². The molecule has 0 bridgehead atoms. The van der Waals surface area contributed by atoms with Gasteiger partial charge in [0.25, 0.3) is 0 Å². The van der Waals surface area contributed by atoms with E-state index in [2.05, 4.69) is 16.3 Å². The molecular weight excluding hydrogens is 384 g/mol. The summed E-state index contributed by atoms with van der Waals surface area (Å²) in [7, 11) is 0. The van der Waals surface area contributed by atoms with E-state index in [1.807, 2.05) is 25.7 Å². The van der Waals surface area contributed by atoms with Gasteiger partial charge in [0.05, 0.1) is 11.5 Å². The molecule has 150 valence electrons. The summed E-state index contributed by atoms with van der Waals surface area (Å²) in [5.74, 6) is 6.64. The van der Waals surface area contributed by atoms with Gasteiger partial charge in [-0.05, 0) is 40.0 Å². The van der Waals surface area contributed by atoms with Crippen molar-refractivity contribution in [3.63, 3.8) is 0 Å². The first kappa shape index (κ1) is 21.6. The summed E-state index contributed by atoms with van der Waals surface area (Å²) >= 11 is 2.52. The van der Waals surface area contributed by atoms with Gasteiger partial charge in [0.2, 0.25) is 22.1 Å². The number of amides is 2. The zero-order chi connectivity index (χ0) is 19.8. The number of aromatic nitrogens is 3. The van der Waals surface area contributed by atoms with Gasteiger partial charge in [-0.3, -0.25) is 9.59 Å². The van der Waals surface area contributed by atoms with E-state index in [-0.39, 0.29) is 23.3 Å². The van der Waals surface area contributed by atoms with Crippen LogP contribution in [0.4, 0.5) is 0 Å². The lowest BCUT2D eigenvalue weighted by atomic mass is 10.3. The zero-order valence-corrected chi connectivity index (χ0v) is 17.8. The van der Waals surface area contributed by atoms with E-state index >= 15 is 0 Å². The summed E-state index contributed by atoms with van der Waals surface area (Å²) in [6, 6.07) is 0. The van der Waals surface area contributed by atoms with Crippen LogP contribution >= 0.6 is 23.5 Å². The molecule has 0 spiro atoms. The Hall–Kier alpha value is -1.68. The van der Waals surface area contributed by atoms with Gasteiger partial charge in [-0.2, -0.15) is 0 Å². The lowest BCUT2D eigenvalue weighted by Crippen LogP contribution is -2.32. The highest BCUT2D eigenvalue weighted by molar-refractivity contribution is 8.00. The van der Waals surface area contributed by atoms with Gasteiger partial charge in [0.15, 0.2) is 0 Å². The molecule has 2 N–H and O–H groups in total. The number of rotatable bonds is 10. The van der Waals surface area contributed by atoms with Gasteiger partial charge in [-0.25, -0.2) is 4.68 Å². The molecule has 8 nitrogen and oxygen atoms in total. The highest BCUT2D eigenvalue weighted by Gasteiger charge is 2.21. The molecule has 1 aromatic heterocycles. The standard InChI is InChI=1S/C17H28N6O2S2/c1-4-21(5-2)14(24)11-26-16-19-20-17(23(16)18)27-12-15(25)22(6-3)13-9-7-8-10-13/h9H,4-8,10-12,18H2,1-3H3. The Kier molecular flexibility index (Phi) is 8.49. The van der Waals surface area contributed by atoms with Crippen molar-refractivity contribution >= 4 is 35.3 Å². The minimum Gasteiger partial charge on any atom is -0.343 e. The van der Waals surface area contributed by atoms with Crippen LogP contribution in [0, 0.1) is 0 Å². The molecule has 0 unspecified atom stereocenters. The second-order valence-corrected chi connectivity index (χ2v) is 7.89. The molecule has 10 heteroatoms. The van der Waals surface area contributed by atoms with Crippen LogP contribution in [0.5, 0.6) is 0 Å². The van der Waals surface area contributed by atoms with Gasteiger partial charge in [0, 0.05) is 25.3 Å². The largest absolute Gasteiger partial charge is 0.343 e. The fourth-order valence-corrected chi connectivity index (χ4v) is 4.45. The van der Waals surface area contributed by atoms with Crippen molar-refractivity contribution in [1.82, 2.24) is 24.7 Å². The number of nitrogen functional groups attached to an aromatic ring is 1. The first-order chi connectivity index (χ1) is 13.0. The molecule has 0 aromatic carbocycles. The summed E-state index contributed by atoms with van der Waals surface area (Å²) in [6.07, 6.45) is 5.24. The molecule has 1 aromatic rings. The maximum absolute atomic E-state index is 12.5. The predicted octanol–water partition coefficient (Wildman–Crippen LogP) is 1.96. The summed E-state index contributed by atoms with van der Waals surface area (Å²) in [5.41, 5.74) is 1.11. The number of carbonyl (C=O) groups excluding carboxylic acids is 2. The maximum Gasteiger partial charge on any atom is 0.237 e. The normalized spacial score (nSPS) is 13.5. The minimum absolute atomic E-state index is 0.0424. The third kappa shape index (κ3) is 5.65. The molecule has 0 aliphatic heterocycles. The molecule has 1 aliphatic rings. The number of thioether (sulfide) groups is 2. The Balaban J connectivity index is 1.89. The van der Waals surface area contributed by atoms with Crippen LogP contribution in [-0.2, 0) is 9.59 Å². The molecule has 0 fully saturated rings. The van der Waals surface area contributed by atoms with E-state index < -0.39 is 0 Å². The van der Waals surface area contributed by atoms with Crippen LogP contribution in [0.2, 0.25) is 0 Å².